The molecule has 2 heterocycles. The summed E-state index contributed by atoms with van der Waals surface area (Å²) in [5.41, 5.74) is 4.31. The molecule has 1 aromatic heterocycles. The summed E-state index contributed by atoms with van der Waals surface area (Å²) in [4.78, 5) is 54.1. The van der Waals surface area contributed by atoms with Crippen molar-refractivity contribution in [3.05, 3.63) is 99.6 Å². The quantitative estimate of drug-likeness (QED) is 0.287. The van der Waals surface area contributed by atoms with Gasteiger partial charge in [0.05, 0.1) is 30.1 Å². The Labute approximate surface area is 271 Å². The van der Waals surface area contributed by atoms with Crippen molar-refractivity contribution in [2.75, 3.05) is 38.2 Å². The van der Waals surface area contributed by atoms with Crippen LogP contribution in [-0.4, -0.2) is 70.9 Å². The molecular weight excluding hydrogens is 578 g/mol. The fraction of sp³-hybridized carbons (Fsp3) is 0.405. The molecule has 9 nitrogen and oxygen atoms in total. The largest absolute Gasteiger partial charge is 0.497 e. The summed E-state index contributed by atoms with van der Waals surface area (Å²) in [7, 11) is 1.63. The van der Waals surface area contributed by atoms with Gasteiger partial charge in [-0.05, 0) is 74.6 Å². The van der Waals surface area contributed by atoms with E-state index < -0.39 is 0 Å². The van der Waals surface area contributed by atoms with Crippen LogP contribution in [0.25, 0.3) is 10.9 Å². The summed E-state index contributed by atoms with van der Waals surface area (Å²) in [5, 5.41) is 0.561. The number of ether oxygens (including phenoxy) is 1. The van der Waals surface area contributed by atoms with Gasteiger partial charge in [0.1, 0.15) is 11.6 Å². The summed E-state index contributed by atoms with van der Waals surface area (Å²) in [6.45, 7) is 9.58. The zero-order chi connectivity index (χ0) is 32.6. The van der Waals surface area contributed by atoms with Crippen LogP contribution in [0, 0.1) is 6.92 Å². The van der Waals surface area contributed by atoms with E-state index in [2.05, 4.69) is 28.7 Å². The molecule has 46 heavy (non-hydrogen) atoms. The second-order valence-electron chi connectivity index (χ2n) is 12.3. The van der Waals surface area contributed by atoms with Gasteiger partial charge < -0.3 is 19.5 Å². The highest BCUT2D eigenvalue weighted by molar-refractivity contribution is 5.96. The minimum absolute atomic E-state index is 0.0332. The smallest absolute Gasteiger partial charge is 0.258 e. The topological polar surface area (TPSA) is 98.8 Å². The number of amides is 2. The molecule has 0 saturated carbocycles. The standard InChI is InChI=1S/C37H45N5O4/c1-26(2)40-20-9-21-42(35(44)24-28-16-18-30(46-4)19-17-28)36-27(3)10-7-11-29(36)25-41(23-22-40)34(43)15-8-14-33-38-32-13-6-5-12-31(32)37(45)39-33/h5-7,10-13,16-19,26H,8-9,14-15,20-25H2,1-4H3,(H,38,39,45). The predicted molar refractivity (Wildman–Crippen MR) is 182 cm³/mol. The number of methoxy groups -OCH3 is 1. The molecule has 4 aromatic rings. The van der Waals surface area contributed by atoms with Crippen LogP contribution in [0.2, 0.25) is 0 Å². The number of H-pyrrole nitrogens is 1. The molecule has 0 bridgehead atoms. The van der Waals surface area contributed by atoms with Gasteiger partial charge in [-0.25, -0.2) is 4.98 Å². The van der Waals surface area contributed by atoms with Crippen LogP contribution < -0.4 is 15.2 Å². The first-order valence-electron chi connectivity index (χ1n) is 16.2. The van der Waals surface area contributed by atoms with Gasteiger partial charge in [-0.1, -0.05) is 42.5 Å². The van der Waals surface area contributed by atoms with Crippen LogP contribution in [0.1, 0.15) is 55.6 Å². The molecule has 9 heteroatoms. The number of anilines is 1. The number of rotatable bonds is 8. The number of carbonyl (C=O) groups is 2. The Bertz CT molecular complexity index is 1720. The van der Waals surface area contributed by atoms with Crippen molar-refractivity contribution in [3.8, 4) is 5.75 Å². The summed E-state index contributed by atoms with van der Waals surface area (Å²) < 4.78 is 5.30. The molecule has 5 rings (SSSR count). The first-order valence-corrected chi connectivity index (χ1v) is 16.2. The maximum atomic E-state index is 14.0. The molecule has 1 aliphatic rings. The first kappa shape index (κ1) is 32.9. The number of benzene rings is 3. The fourth-order valence-corrected chi connectivity index (χ4v) is 6.23. The van der Waals surface area contributed by atoms with Crippen molar-refractivity contribution in [1.82, 2.24) is 19.8 Å². The van der Waals surface area contributed by atoms with Crippen molar-refractivity contribution in [2.24, 2.45) is 0 Å². The molecule has 0 radical (unpaired) electrons. The lowest BCUT2D eigenvalue weighted by atomic mass is 10.0. The number of aromatic amines is 1. The summed E-state index contributed by atoms with van der Waals surface area (Å²) in [6, 6.07) is 21.3. The van der Waals surface area contributed by atoms with E-state index >= 15 is 0 Å². The minimum atomic E-state index is -0.161. The van der Waals surface area contributed by atoms with Crippen LogP contribution in [0.5, 0.6) is 5.75 Å². The molecule has 2 amide bonds. The van der Waals surface area contributed by atoms with Crippen molar-refractivity contribution >= 4 is 28.4 Å². The highest BCUT2D eigenvalue weighted by Crippen LogP contribution is 2.29. The number of hydrogen-bond acceptors (Lipinski definition) is 6. The van der Waals surface area contributed by atoms with Gasteiger partial charge in [-0.3, -0.25) is 19.3 Å². The minimum Gasteiger partial charge on any atom is -0.497 e. The van der Waals surface area contributed by atoms with E-state index in [0.717, 1.165) is 47.6 Å². The van der Waals surface area contributed by atoms with Gasteiger partial charge >= 0.3 is 0 Å². The Balaban J connectivity index is 1.37. The molecule has 3 aromatic carbocycles. The Hall–Kier alpha value is -4.50. The first-order chi connectivity index (χ1) is 22.2. The third-order valence-electron chi connectivity index (χ3n) is 8.80. The molecule has 0 atom stereocenters. The number of nitrogens with one attached hydrogen (secondary N) is 1. The lowest BCUT2D eigenvalue weighted by Gasteiger charge is -2.30. The lowest BCUT2D eigenvalue weighted by Crippen LogP contribution is -2.41. The molecular formula is C37H45N5O4. The van der Waals surface area contributed by atoms with Gasteiger partial charge in [0.25, 0.3) is 5.56 Å². The van der Waals surface area contributed by atoms with E-state index in [-0.39, 0.29) is 23.8 Å². The lowest BCUT2D eigenvalue weighted by molar-refractivity contribution is -0.132. The molecule has 1 N–H and O–H groups in total. The van der Waals surface area contributed by atoms with Crippen molar-refractivity contribution in [1.29, 1.82) is 0 Å². The summed E-state index contributed by atoms with van der Waals surface area (Å²) in [5.74, 6) is 1.43. The molecule has 0 spiro atoms. The normalized spacial score (nSPS) is 14.6. The third kappa shape index (κ3) is 8.01. The number of aromatic nitrogens is 2. The van der Waals surface area contributed by atoms with E-state index in [1.165, 1.54) is 0 Å². The van der Waals surface area contributed by atoms with Crippen LogP contribution >= 0.6 is 0 Å². The van der Waals surface area contributed by atoms with Crippen LogP contribution in [0.15, 0.2) is 71.5 Å². The van der Waals surface area contributed by atoms with E-state index in [4.69, 9.17) is 4.74 Å². The number of para-hydroxylation sites is 2. The van der Waals surface area contributed by atoms with E-state index in [9.17, 15) is 14.4 Å². The second-order valence-corrected chi connectivity index (χ2v) is 12.3. The number of hydrogen-bond donors (Lipinski definition) is 1. The van der Waals surface area contributed by atoms with Crippen molar-refractivity contribution < 1.29 is 14.3 Å². The zero-order valence-electron chi connectivity index (χ0n) is 27.4. The molecule has 0 aliphatic carbocycles. The summed E-state index contributed by atoms with van der Waals surface area (Å²) in [6.07, 6.45) is 2.50. The predicted octanol–water partition coefficient (Wildman–Crippen LogP) is 5.28. The second kappa shape index (κ2) is 15.2. The monoisotopic (exact) mass is 623 g/mol. The Kier molecular flexibility index (Phi) is 10.9. The fourth-order valence-electron chi connectivity index (χ4n) is 6.23. The van der Waals surface area contributed by atoms with Gasteiger partial charge in [0.15, 0.2) is 0 Å². The Morgan fingerprint density at radius 2 is 1.72 bits per heavy atom. The average molecular weight is 624 g/mol. The number of aryl methyl sites for hydroxylation is 2. The van der Waals surface area contributed by atoms with Crippen LogP contribution in [0.4, 0.5) is 5.69 Å². The average Bonchev–Trinajstić information content (AvgIpc) is 3.08. The third-order valence-corrected chi connectivity index (χ3v) is 8.80. The maximum Gasteiger partial charge on any atom is 0.258 e. The number of nitrogens with zero attached hydrogens (tertiary/aromatic N) is 4. The Morgan fingerprint density at radius 1 is 0.935 bits per heavy atom. The molecule has 242 valence electrons. The van der Waals surface area contributed by atoms with Gasteiger partial charge in [-0.2, -0.15) is 0 Å². The van der Waals surface area contributed by atoms with Gasteiger partial charge in [0.2, 0.25) is 11.8 Å². The van der Waals surface area contributed by atoms with E-state index in [1.54, 1.807) is 13.2 Å². The molecule has 0 fully saturated rings. The van der Waals surface area contributed by atoms with E-state index in [1.807, 2.05) is 77.4 Å². The molecule has 1 aliphatic heterocycles. The SMILES string of the molecule is COc1ccc(CC(=O)N2CCCN(C(C)C)CCN(C(=O)CCCc3nc4ccccc4c(=O)[nH]3)Cc3cccc(C)c32)cc1. The zero-order valence-corrected chi connectivity index (χ0v) is 27.4. The van der Waals surface area contributed by atoms with Gasteiger partial charge in [-0.15, -0.1) is 0 Å². The van der Waals surface area contributed by atoms with Crippen molar-refractivity contribution in [3.63, 3.8) is 0 Å². The van der Waals surface area contributed by atoms with Crippen LogP contribution in [0.3, 0.4) is 0 Å². The Morgan fingerprint density at radius 3 is 2.48 bits per heavy atom. The highest BCUT2D eigenvalue weighted by atomic mass is 16.5. The maximum absolute atomic E-state index is 14.0. The van der Waals surface area contributed by atoms with E-state index in [0.29, 0.717) is 61.7 Å². The highest BCUT2D eigenvalue weighted by Gasteiger charge is 2.25. The van der Waals surface area contributed by atoms with Gasteiger partial charge in [0, 0.05) is 51.6 Å². The summed E-state index contributed by atoms with van der Waals surface area (Å²) >= 11 is 0. The molecule has 0 unspecified atom stereocenters. The molecule has 0 saturated heterocycles. The van der Waals surface area contributed by atoms with Crippen LogP contribution in [-0.2, 0) is 29.0 Å². The number of fused-ring (bicyclic) bond motifs is 2. The van der Waals surface area contributed by atoms with Crippen molar-refractivity contribution in [2.45, 2.75) is 65.5 Å². The number of carbonyl (C=O) groups excluding carboxylic acids is 2.